The molecule has 0 aliphatic heterocycles. The first-order valence-electron chi connectivity index (χ1n) is 7.28. The molecule has 1 N–H and O–H groups in total. The van der Waals surface area contributed by atoms with E-state index in [0.717, 1.165) is 37.1 Å². The molecule has 4 nitrogen and oxygen atoms in total. The maximum Gasteiger partial charge on any atom is 0.328 e. The maximum absolute atomic E-state index is 12.0. The van der Waals surface area contributed by atoms with Gasteiger partial charge < -0.3 is 14.8 Å². The Morgan fingerprint density at radius 3 is 2.45 bits per heavy atom. The molecule has 0 saturated heterocycles. The fraction of sp³-hybridized carbons (Fsp3) is 0.562. The average Bonchev–Trinajstić information content (AvgIpc) is 2.47. The number of benzene rings is 1. The lowest BCUT2D eigenvalue weighted by molar-refractivity contribution is -0.144. The molecule has 4 heteroatoms. The third-order valence-electron chi connectivity index (χ3n) is 3.10. The first-order valence-corrected chi connectivity index (χ1v) is 7.28. The van der Waals surface area contributed by atoms with Crippen molar-refractivity contribution < 1.29 is 14.3 Å². The van der Waals surface area contributed by atoms with E-state index in [1.807, 2.05) is 31.2 Å². The van der Waals surface area contributed by atoms with Crippen molar-refractivity contribution in [3.05, 3.63) is 24.3 Å². The van der Waals surface area contributed by atoms with Gasteiger partial charge in [-0.25, -0.2) is 4.79 Å². The summed E-state index contributed by atoms with van der Waals surface area (Å²) in [5, 5.41) is 3.24. The van der Waals surface area contributed by atoms with E-state index in [9.17, 15) is 4.79 Å². The summed E-state index contributed by atoms with van der Waals surface area (Å²) in [6.45, 7) is 4.39. The molecule has 20 heavy (non-hydrogen) atoms. The van der Waals surface area contributed by atoms with Crippen LogP contribution in [0.25, 0.3) is 0 Å². The highest BCUT2D eigenvalue weighted by molar-refractivity contribution is 5.79. The van der Waals surface area contributed by atoms with Crippen LogP contribution in [-0.4, -0.2) is 25.7 Å². The van der Waals surface area contributed by atoms with Gasteiger partial charge in [0.25, 0.3) is 0 Å². The van der Waals surface area contributed by atoms with Crippen LogP contribution in [0.2, 0.25) is 0 Å². The third kappa shape index (κ3) is 5.51. The molecular weight excluding hydrogens is 254 g/mol. The molecule has 1 aromatic carbocycles. The smallest absolute Gasteiger partial charge is 0.328 e. The molecule has 1 rings (SSSR count). The van der Waals surface area contributed by atoms with Crippen molar-refractivity contribution in [2.75, 3.05) is 19.0 Å². The minimum Gasteiger partial charge on any atom is -0.497 e. The Kier molecular flexibility index (Phi) is 7.55. The first kappa shape index (κ1) is 16.3. The number of ether oxygens (including phenoxy) is 2. The number of anilines is 1. The van der Waals surface area contributed by atoms with Gasteiger partial charge >= 0.3 is 5.97 Å². The molecule has 0 aliphatic carbocycles. The lowest BCUT2D eigenvalue weighted by atomic mass is 10.1. The van der Waals surface area contributed by atoms with Gasteiger partial charge in [0.2, 0.25) is 0 Å². The molecule has 0 aromatic heterocycles. The van der Waals surface area contributed by atoms with E-state index in [1.165, 1.54) is 0 Å². The highest BCUT2D eigenvalue weighted by atomic mass is 16.5. The predicted molar refractivity (Wildman–Crippen MR) is 81.2 cm³/mol. The van der Waals surface area contributed by atoms with Crippen LogP contribution in [0.1, 0.15) is 39.5 Å². The zero-order chi connectivity index (χ0) is 14.8. The zero-order valence-electron chi connectivity index (χ0n) is 12.6. The molecule has 0 radical (unpaired) electrons. The summed E-state index contributed by atoms with van der Waals surface area (Å²) in [7, 11) is 1.63. The normalized spacial score (nSPS) is 11.8. The second-order valence-corrected chi connectivity index (χ2v) is 4.67. The van der Waals surface area contributed by atoms with Crippen LogP contribution in [-0.2, 0) is 9.53 Å². The van der Waals surface area contributed by atoms with Gasteiger partial charge in [0.15, 0.2) is 0 Å². The Morgan fingerprint density at radius 1 is 1.20 bits per heavy atom. The lowest BCUT2D eigenvalue weighted by Crippen LogP contribution is -2.31. The van der Waals surface area contributed by atoms with Gasteiger partial charge in [-0.3, -0.25) is 0 Å². The zero-order valence-corrected chi connectivity index (χ0v) is 12.6. The minimum absolute atomic E-state index is 0.181. The molecule has 1 atom stereocenters. The number of carbonyl (C=O) groups excluding carboxylic acids is 1. The van der Waals surface area contributed by atoms with Crippen LogP contribution >= 0.6 is 0 Å². The van der Waals surface area contributed by atoms with E-state index in [1.54, 1.807) is 7.11 Å². The Hall–Kier alpha value is -1.71. The molecule has 112 valence electrons. The first-order chi connectivity index (χ1) is 9.71. The van der Waals surface area contributed by atoms with Crippen LogP contribution in [0, 0.1) is 0 Å². The van der Waals surface area contributed by atoms with Gasteiger partial charge in [-0.15, -0.1) is 0 Å². The lowest BCUT2D eigenvalue weighted by Gasteiger charge is -2.18. The number of carbonyl (C=O) groups is 1. The van der Waals surface area contributed by atoms with Gasteiger partial charge in [-0.1, -0.05) is 26.2 Å². The highest BCUT2D eigenvalue weighted by Gasteiger charge is 2.18. The Morgan fingerprint density at radius 2 is 1.90 bits per heavy atom. The summed E-state index contributed by atoms with van der Waals surface area (Å²) in [5.41, 5.74) is 0.903. The number of methoxy groups -OCH3 is 1. The number of esters is 1. The van der Waals surface area contributed by atoms with E-state index < -0.39 is 0 Å². The number of unbranched alkanes of at least 4 members (excludes halogenated alkanes) is 2. The number of nitrogens with one attached hydrogen (secondary N) is 1. The summed E-state index contributed by atoms with van der Waals surface area (Å²) in [6.07, 6.45) is 4.07. The predicted octanol–water partition coefficient (Wildman–Crippen LogP) is 3.62. The van der Waals surface area contributed by atoms with Gasteiger partial charge in [0.1, 0.15) is 11.8 Å². The van der Waals surface area contributed by atoms with E-state index in [4.69, 9.17) is 9.47 Å². The molecule has 1 unspecified atom stereocenters. The van der Waals surface area contributed by atoms with Crippen LogP contribution in [0.3, 0.4) is 0 Å². The third-order valence-corrected chi connectivity index (χ3v) is 3.10. The topological polar surface area (TPSA) is 47.6 Å². The highest BCUT2D eigenvalue weighted by Crippen LogP contribution is 2.18. The van der Waals surface area contributed by atoms with Crippen LogP contribution in [0.5, 0.6) is 5.75 Å². The van der Waals surface area contributed by atoms with E-state index in [0.29, 0.717) is 6.61 Å². The Bertz CT molecular complexity index is 389. The molecule has 0 aliphatic rings. The number of hydrogen-bond acceptors (Lipinski definition) is 4. The summed E-state index contributed by atoms with van der Waals surface area (Å²) in [6, 6.07) is 7.28. The molecule has 0 heterocycles. The van der Waals surface area contributed by atoms with E-state index >= 15 is 0 Å². The maximum atomic E-state index is 12.0. The van der Waals surface area contributed by atoms with E-state index in [-0.39, 0.29) is 12.0 Å². The molecule has 1 aromatic rings. The SMILES string of the molecule is CCCCCC(Nc1ccc(OC)cc1)C(=O)OCC. The van der Waals surface area contributed by atoms with Gasteiger partial charge in [-0.2, -0.15) is 0 Å². The molecule has 0 bridgehead atoms. The minimum atomic E-state index is -0.283. The summed E-state index contributed by atoms with van der Waals surface area (Å²) in [4.78, 5) is 12.0. The monoisotopic (exact) mass is 279 g/mol. The van der Waals surface area contributed by atoms with Crippen molar-refractivity contribution >= 4 is 11.7 Å². The van der Waals surface area contributed by atoms with E-state index in [2.05, 4.69) is 12.2 Å². The molecule has 0 amide bonds. The van der Waals surface area contributed by atoms with Crippen molar-refractivity contribution in [3.8, 4) is 5.75 Å². The molecule has 0 spiro atoms. The standard InChI is InChI=1S/C16H25NO3/c1-4-6-7-8-15(16(18)20-5-2)17-13-9-11-14(19-3)12-10-13/h9-12,15,17H,4-8H2,1-3H3. The van der Waals surface area contributed by atoms with Crippen molar-refractivity contribution in [2.45, 2.75) is 45.6 Å². The van der Waals surface area contributed by atoms with Crippen molar-refractivity contribution in [1.29, 1.82) is 0 Å². The number of rotatable bonds is 9. The van der Waals surface area contributed by atoms with Gasteiger partial charge in [0, 0.05) is 5.69 Å². The van der Waals surface area contributed by atoms with Crippen LogP contribution < -0.4 is 10.1 Å². The van der Waals surface area contributed by atoms with Gasteiger partial charge in [-0.05, 0) is 37.6 Å². The van der Waals surface area contributed by atoms with Gasteiger partial charge in [0.05, 0.1) is 13.7 Å². The quantitative estimate of drug-likeness (QED) is 0.554. The fourth-order valence-electron chi connectivity index (χ4n) is 1.98. The summed E-state index contributed by atoms with van der Waals surface area (Å²) in [5.74, 6) is 0.619. The summed E-state index contributed by atoms with van der Waals surface area (Å²) >= 11 is 0. The molecule has 0 fully saturated rings. The van der Waals surface area contributed by atoms with Crippen LogP contribution in [0.4, 0.5) is 5.69 Å². The van der Waals surface area contributed by atoms with Crippen molar-refractivity contribution in [1.82, 2.24) is 0 Å². The largest absolute Gasteiger partial charge is 0.497 e. The molecular formula is C16H25NO3. The molecule has 0 saturated carbocycles. The van der Waals surface area contributed by atoms with Crippen molar-refractivity contribution in [2.24, 2.45) is 0 Å². The summed E-state index contributed by atoms with van der Waals surface area (Å²) < 4.78 is 10.2. The Labute approximate surface area is 121 Å². The number of hydrogen-bond donors (Lipinski definition) is 1. The second-order valence-electron chi connectivity index (χ2n) is 4.67. The average molecular weight is 279 g/mol. The van der Waals surface area contributed by atoms with Crippen LogP contribution in [0.15, 0.2) is 24.3 Å². The van der Waals surface area contributed by atoms with Crippen molar-refractivity contribution in [3.63, 3.8) is 0 Å². The fourth-order valence-corrected chi connectivity index (χ4v) is 1.98. The second kappa shape index (κ2) is 9.23. The Balaban J connectivity index is 2.63.